The topological polar surface area (TPSA) is 99.8 Å². The minimum Gasteiger partial charge on any atom is -0.352 e. The first-order valence-corrected chi connectivity index (χ1v) is 9.46. The van der Waals surface area contributed by atoms with Gasteiger partial charge in [-0.15, -0.1) is 0 Å². The highest BCUT2D eigenvalue weighted by molar-refractivity contribution is 5.95. The van der Waals surface area contributed by atoms with Gasteiger partial charge in [-0.05, 0) is 49.4 Å². The number of hydrogen-bond donors (Lipinski definition) is 3. The lowest BCUT2D eigenvalue weighted by Crippen LogP contribution is -2.22. The van der Waals surface area contributed by atoms with E-state index in [2.05, 4.69) is 25.6 Å². The molecule has 0 aliphatic carbocycles. The highest BCUT2D eigenvalue weighted by Gasteiger charge is 2.17. The second-order valence-corrected chi connectivity index (χ2v) is 6.64. The van der Waals surface area contributed by atoms with E-state index in [4.69, 9.17) is 0 Å². The summed E-state index contributed by atoms with van der Waals surface area (Å²) in [5.74, 6) is -1.70. The molecule has 156 valence electrons. The van der Waals surface area contributed by atoms with Crippen LogP contribution in [0.2, 0.25) is 0 Å². The number of hydrogen-bond acceptors (Lipinski definition) is 5. The number of anilines is 2. The number of pyridine rings is 1. The molecule has 0 saturated heterocycles. The summed E-state index contributed by atoms with van der Waals surface area (Å²) in [5.41, 5.74) is 0.421. The minimum atomic E-state index is -0.783. The van der Waals surface area contributed by atoms with Crippen molar-refractivity contribution in [3.8, 4) is 11.3 Å². The number of aromatic amines is 1. The first-order chi connectivity index (χ1) is 15.0. The molecule has 31 heavy (non-hydrogen) atoms. The Hall–Kier alpha value is -4.14. The normalized spacial score (nSPS) is 10.8. The van der Waals surface area contributed by atoms with Gasteiger partial charge in [0.1, 0.15) is 22.8 Å². The SMILES string of the molecule is CCNC(=O)c1ccc(Nc2nc(-c3c(F)cccc3F)cc3nc[nH]c(=O)c23)cc1. The number of amides is 1. The summed E-state index contributed by atoms with van der Waals surface area (Å²) < 4.78 is 28.7. The summed E-state index contributed by atoms with van der Waals surface area (Å²) >= 11 is 0. The molecule has 0 bridgehead atoms. The quantitative estimate of drug-likeness (QED) is 0.456. The number of halogens is 2. The largest absolute Gasteiger partial charge is 0.352 e. The highest BCUT2D eigenvalue weighted by atomic mass is 19.1. The fourth-order valence-electron chi connectivity index (χ4n) is 3.16. The van der Waals surface area contributed by atoms with E-state index in [1.165, 1.54) is 18.5 Å². The van der Waals surface area contributed by atoms with Gasteiger partial charge in [0, 0.05) is 17.8 Å². The van der Waals surface area contributed by atoms with Gasteiger partial charge < -0.3 is 15.6 Å². The van der Waals surface area contributed by atoms with Crippen LogP contribution < -0.4 is 16.2 Å². The lowest BCUT2D eigenvalue weighted by molar-refractivity contribution is 0.0956. The number of benzene rings is 2. The van der Waals surface area contributed by atoms with Gasteiger partial charge in [-0.1, -0.05) is 6.07 Å². The van der Waals surface area contributed by atoms with Crippen LogP contribution in [0.3, 0.4) is 0 Å². The number of carbonyl (C=O) groups is 1. The molecule has 2 aromatic heterocycles. The predicted molar refractivity (Wildman–Crippen MR) is 113 cm³/mol. The van der Waals surface area contributed by atoms with Gasteiger partial charge in [-0.25, -0.2) is 18.7 Å². The van der Waals surface area contributed by atoms with Crippen molar-refractivity contribution in [1.82, 2.24) is 20.3 Å². The summed E-state index contributed by atoms with van der Waals surface area (Å²) in [6.07, 6.45) is 1.21. The Labute approximate surface area is 175 Å². The molecular weight excluding hydrogens is 404 g/mol. The van der Waals surface area contributed by atoms with Gasteiger partial charge in [0.15, 0.2) is 0 Å². The van der Waals surface area contributed by atoms with E-state index in [-0.39, 0.29) is 33.9 Å². The third kappa shape index (κ3) is 3.97. The molecule has 0 atom stereocenters. The lowest BCUT2D eigenvalue weighted by Gasteiger charge is -2.12. The van der Waals surface area contributed by atoms with Crippen molar-refractivity contribution in [1.29, 1.82) is 0 Å². The van der Waals surface area contributed by atoms with Crippen molar-refractivity contribution in [2.75, 3.05) is 11.9 Å². The van der Waals surface area contributed by atoms with Crippen molar-refractivity contribution >= 4 is 28.3 Å². The minimum absolute atomic E-state index is 0.0114. The van der Waals surface area contributed by atoms with Crippen LogP contribution in [0.4, 0.5) is 20.3 Å². The molecule has 2 heterocycles. The number of nitrogens with zero attached hydrogens (tertiary/aromatic N) is 2. The van der Waals surface area contributed by atoms with E-state index in [1.54, 1.807) is 24.3 Å². The molecular formula is C22H17F2N5O2. The average Bonchev–Trinajstić information content (AvgIpc) is 2.74. The standard InChI is InChI=1S/C22H17F2N5O2/c1-2-25-21(30)12-6-8-13(9-7-12)28-20-19-16(26-11-27-22(19)31)10-17(29-20)18-14(23)4-3-5-15(18)24/h3-11H,2H2,1H3,(H,25,30)(H,28,29)(H,26,27,31). The van der Waals surface area contributed by atoms with Gasteiger partial charge in [-0.2, -0.15) is 0 Å². The van der Waals surface area contributed by atoms with E-state index in [1.807, 2.05) is 6.92 Å². The Morgan fingerprint density at radius 3 is 2.48 bits per heavy atom. The Morgan fingerprint density at radius 2 is 1.81 bits per heavy atom. The van der Waals surface area contributed by atoms with E-state index in [0.29, 0.717) is 17.8 Å². The number of nitrogens with one attached hydrogen (secondary N) is 3. The summed E-state index contributed by atoms with van der Waals surface area (Å²) in [6.45, 7) is 2.32. The van der Waals surface area contributed by atoms with Gasteiger partial charge in [-0.3, -0.25) is 9.59 Å². The molecule has 0 fully saturated rings. The van der Waals surface area contributed by atoms with Crippen LogP contribution in [-0.2, 0) is 0 Å². The molecule has 4 aromatic rings. The smallest absolute Gasteiger partial charge is 0.262 e. The van der Waals surface area contributed by atoms with Gasteiger partial charge >= 0.3 is 0 Å². The molecule has 0 aliphatic rings. The molecule has 9 heteroatoms. The molecule has 2 aromatic carbocycles. The fraction of sp³-hybridized carbons (Fsp3) is 0.0909. The third-order valence-electron chi connectivity index (χ3n) is 4.59. The molecule has 3 N–H and O–H groups in total. The van der Waals surface area contributed by atoms with E-state index >= 15 is 0 Å². The molecule has 7 nitrogen and oxygen atoms in total. The van der Waals surface area contributed by atoms with Crippen molar-refractivity contribution in [3.05, 3.63) is 82.4 Å². The Bertz CT molecular complexity index is 1320. The molecule has 0 aliphatic heterocycles. The van der Waals surface area contributed by atoms with Crippen LogP contribution in [0.15, 0.2) is 59.7 Å². The number of rotatable bonds is 5. The van der Waals surface area contributed by atoms with Crippen LogP contribution in [0.25, 0.3) is 22.2 Å². The molecule has 1 amide bonds. The number of H-pyrrole nitrogens is 1. The molecule has 0 radical (unpaired) electrons. The summed E-state index contributed by atoms with van der Waals surface area (Å²) in [4.78, 5) is 35.2. The zero-order valence-corrected chi connectivity index (χ0v) is 16.4. The molecule has 0 saturated carbocycles. The Kier molecular flexibility index (Phi) is 5.40. The fourth-order valence-corrected chi connectivity index (χ4v) is 3.16. The van der Waals surface area contributed by atoms with Gasteiger partial charge in [0.05, 0.1) is 23.1 Å². The van der Waals surface area contributed by atoms with Crippen LogP contribution >= 0.6 is 0 Å². The van der Waals surface area contributed by atoms with Crippen molar-refractivity contribution in [3.63, 3.8) is 0 Å². The van der Waals surface area contributed by atoms with Gasteiger partial charge in [0.2, 0.25) is 0 Å². The molecule has 4 rings (SSSR count). The summed E-state index contributed by atoms with van der Waals surface area (Å²) in [6, 6.07) is 11.4. The first-order valence-electron chi connectivity index (χ1n) is 9.46. The Morgan fingerprint density at radius 1 is 1.10 bits per heavy atom. The maximum absolute atomic E-state index is 14.3. The summed E-state index contributed by atoms with van der Waals surface area (Å²) in [7, 11) is 0. The number of aromatic nitrogens is 3. The van der Waals surface area contributed by atoms with Crippen LogP contribution in [-0.4, -0.2) is 27.4 Å². The van der Waals surface area contributed by atoms with Crippen LogP contribution in [0, 0.1) is 11.6 Å². The zero-order chi connectivity index (χ0) is 22.0. The Balaban J connectivity index is 1.81. The highest BCUT2D eigenvalue weighted by Crippen LogP contribution is 2.30. The maximum atomic E-state index is 14.3. The van der Waals surface area contributed by atoms with Gasteiger partial charge in [0.25, 0.3) is 11.5 Å². The van der Waals surface area contributed by atoms with E-state index in [0.717, 1.165) is 12.1 Å². The monoisotopic (exact) mass is 421 g/mol. The number of carbonyl (C=O) groups excluding carboxylic acids is 1. The van der Waals surface area contributed by atoms with Crippen LogP contribution in [0.1, 0.15) is 17.3 Å². The second-order valence-electron chi connectivity index (χ2n) is 6.64. The zero-order valence-electron chi connectivity index (χ0n) is 16.4. The van der Waals surface area contributed by atoms with Crippen molar-refractivity contribution in [2.45, 2.75) is 6.92 Å². The molecule has 0 spiro atoms. The average molecular weight is 421 g/mol. The van der Waals surface area contributed by atoms with Crippen molar-refractivity contribution in [2.24, 2.45) is 0 Å². The maximum Gasteiger partial charge on any atom is 0.262 e. The third-order valence-corrected chi connectivity index (χ3v) is 4.59. The lowest BCUT2D eigenvalue weighted by atomic mass is 10.1. The van der Waals surface area contributed by atoms with E-state index in [9.17, 15) is 18.4 Å². The van der Waals surface area contributed by atoms with Crippen molar-refractivity contribution < 1.29 is 13.6 Å². The molecule has 0 unspecified atom stereocenters. The first kappa shape index (κ1) is 20.1. The second kappa shape index (κ2) is 8.31. The predicted octanol–water partition coefficient (Wildman–Crippen LogP) is 3.76. The number of fused-ring (bicyclic) bond motifs is 1. The summed E-state index contributed by atoms with van der Waals surface area (Å²) in [5, 5.41) is 5.82. The van der Waals surface area contributed by atoms with E-state index < -0.39 is 17.2 Å². The van der Waals surface area contributed by atoms with Crippen LogP contribution in [0.5, 0.6) is 0 Å².